The number of amides is 2. The van der Waals surface area contributed by atoms with Crippen LogP contribution >= 0.6 is 0 Å². The minimum absolute atomic E-state index is 0.0497. The van der Waals surface area contributed by atoms with Crippen molar-refractivity contribution in [2.45, 2.75) is 31.9 Å². The van der Waals surface area contributed by atoms with Crippen molar-refractivity contribution < 1.29 is 23.8 Å². The molecule has 184 valence electrons. The number of halogens is 1. The first-order valence-electron chi connectivity index (χ1n) is 11.4. The van der Waals surface area contributed by atoms with E-state index in [4.69, 9.17) is 4.74 Å². The average molecular weight is 488 g/mol. The molecule has 0 saturated carbocycles. The Kier molecular flexibility index (Phi) is 7.04. The summed E-state index contributed by atoms with van der Waals surface area (Å²) in [5.74, 6) is 4.95. The van der Waals surface area contributed by atoms with E-state index in [1.165, 1.54) is 23.2 Å². The van der Waals surface area contributed by atoms with Gasteiger partial charge in [0.15, 0.2) is 0 Å². The molecule has 8 heteroatoms. The van der Waals surface area contributed by atoms with E-state index >= 15 is 0 Å². The van der Waals surface area contributed by atoms with Crippen LogP contribution in [0.1, 0.15) is 41.0 Å². The maximum Gasteiger partial charge on any atom is 0.270 e. The fourth-order valence-corrected chi connectivity index (χ4v) is 3.68. The number of hydrogen-bond acceptors (Lipinski definition) is 5. The molecule has 2 N–H and O–H groups in total. The molecule has 3 aromatic rings. The van der Waals surface area contributed by atoms with Crippen LogP contribution in [0.2, 0.25) is 0 Å². The predicted molar refractivity (Wildman–Crippen MR) is 133 cm³/mol. The van der Waals surface area contributed by atoms with Gasteiger partial charge in [-0.3, -0.25) is 14.6 Å². The van der Waals surface area contributed by atoms with Gasteiger partial charge in [0.1, 0.15) is 35.5 Å². The lowest BCUT2D eigenvalue weighted by molar-refractivity contribution is -0.120. The Bertz CT molecular complexity index is 1350. The molecule has 1 aliphatic rings. The number of fused-ring (bicyclic) bond motifs is 1. The molecule has 36 heavy (non-hydrogen) atoms. The van der Waals surface area contributed by atoms with Crippen LogP contribution in [0.4, 0.5) is 10.1 Å². The Labute approximate surface area is 208 Å². The van der Waals surface area contributed by atoms with E-state index in [2.05, 4.69) is 22.1 Å². The highest BCUT2D eigenvalue weighted by molar-refractivity contribution is 6.03. The zero-order chi connectivity index (χ0) is 25.9. The van der Waals surface area contributed by atoms with Crippen molar-refractivity contribution in [3.8, 4) is 17.6 Å². The number of nitrogens with zero attached hydrogens (tertiary/aromatic N) is 2. The molecular weight excluding hydrogens is 461 g/mol. The van der Waals surface area contributed by atoms with Gasteiger partial charge in [-0.1, -0.05) is 24.0 Å². The molecule has 0 bridgehead atoms. The minimum atomic E-state index is -1.15. The Balaban J connectivity index is 1.48. The first kappa shape index (κ1) is 24.9. The van der Waals surface area contributed by atoms with Gasteiger partial charge in [-0.2, -0.15) is 0 Å². The largest absolute Gasteiger partial charge is 0.489 e. The molecule has 0 radical (unpaired) electrons. The number of benzene rings is 2. The maximum atomic E-state index is 13.2. The highest BCUT2D eigenvalue weighted by atomic mass is 19.1. The summed E-state index contributed by atoms with van der Waals surface area (Å²) in [6.45, 7) is 3.12. The van der Waals surface area contributed by atoms with E-state index < -0.39 is 17.6 Å². The highest BCUT2D eigenvalue weighted by Crippen LogP contribution is 2.31. The molecule has 1 aromatic heterocycles. The fourth-order valence-electron chi connectivity index (χ4n) is 3.68. The van der Waals surface area contributed by atoms with Crippen molar-refractivity contribution >= 4 is 17.5 Å². The van der Waals surface area contributed by atoms with E-state index in [0.29, 0.717) is 23.4 Å². The predicted octanol–water partition coefficient (Wildman–Crippen LogP) is 3.09. The number of ether oxygens (including phenoxy) is 1. The molecule has 2 aromatic carbocycles. The smallest absolute Gasteiger partial charge is 0.270 e. The van der Waals surface area contributed by atoms with Crippen molar-refractivity contribution in [2.75, 3.05) is 18.6 Å². The summed E-state index contributed by atoms with van der Waals surface area (Å²) in [6.07, 6.45) is 2.03. The molecule has 1 aliphatic heterocycles. The van der Waals surface area contributed by atoms with Gasteiger partial charge in [-0.15, -0.1) is 0 Å². The van der Waals surface area contributed by atoms with Crippen molar-refractivity contribution in [1.29, 1.82) is 0 Å². The quantitative estimate of drug-likeness (QED) is 0.552. The summed E-state index contributed by atoms with van der Waals surface area (Å²) >= 11 is 0. The molecule has 1 atom stereocenters. The number of aliphatic hydroxyl groups is 1. The number of hydrogen-bond donors (Lipinski definition) is 2. The van der Waals surface area contributed by atoms with Gasteiger partial charge in [0, 0.05) is 18.8 Å². The van der Waals surface area contributed by atoms with Crippen LogP contribution in [0.5, 0.6) is 5.75 Å². The lowest BCUT2D eigenvalue weighted by atomic mass is 10.1. The Morgan fingerprint density at radius 2 is 1.94 bits per heavy atom. The van der Waals surface area contributed by atoms with Gasteiger partial charge in [0.25, 0.3) is 11.8 Å². The summed E-state index contributed by atoms with van der Waals surface area (Å²) in [5, 5.41) is 12.6. The van der Waals surface area contributed by atoms with Crippen LogP contribution in [-0.2, 0) is 11.2 Å². The second-order valence-electron chi connectivity index (χ2n) is 9.08. The van der Waals surface area contributed by atoms with Gasteiger partial charge in [0.2, 0.25) is 0 Å². The summed E-state index contributed by atoms with van der Waals surface area (Å²) in [5.41, 5.74) is 1.87. The third-order valence-corrected chi connectivity index (χ3v) is 5.55. The van der Waals surface area contributed by atoms with E-state index in [1.54, 1.807) is 63.4 Å². The number of carbonyl (C=O) groups is 2. The number of nitrogens with one attached hydrogen (secondary N) is 1. The number of rotatable bonds is 4. The second kappa shape index (κ2) is 10.2. The van der Waals surface area contributed by atoms with Crippen LogP contribution in [0.3, 0.4) is 0 Å². The lowest BCUT2D eigenvalue weighted by Crippen LogP contribution is -2.49. The molecule has 0 aliphatic carbocycles. The number of pyridine rings is 1. The first-order chi connectivity index (χ1) is 17.1. The lowest BCUT2D eigenvalue weighted by Gasteiger charge is -2.20. The van der Waals surface area contributed by atoms with Gasteiger partial charge < -0.3 is 20.1 Å². The van der Waals surface area contributed by atoms with Crippen LogP contribution in [0.15, 0.2) is 60.8 Å². The van der Waals surface area contributed by atoms with Gasteiger partial charge in [-0.25, -0.2) is 4.39 Å². The van der Waals surface area contributed by atoms with Gasteiger partial charge >= 0.3 is 0 Å². The average Bonchev–Trinajstić information content (AvgIpc) is 2.96. The van der Waals surface area contributed by atoms with E-state index in [0.717, 1.165) is 11.1 Å². The molecule has 2 heterocycles. The normalized spacial score (nSPS) is 15.2. The molecule has 0 saturated heterocycles. The third kappa shape index (κ3) is 6.06. The van der Waals surface area contributed by atoms with E-state index in [-0.39, 0.29) is 24.0 Å². The molecule has 4 rings (SSSR count). The van der Waals surface area contributed by atoms with E-state index in [1.807, 2.05) is 0 Å². The first-order valence-corrected chi connectivity index (χ1v) is 11.4. The maximum absolute atomic E-state index is 13.2. The van der Waals surface area contributed by atoms with Gasteiger partial charge in [0.05, 0.1) is 5.69 Å². The zero-order valence-electron chi connectivity index (χ0n) is 20.2. The standard InChI is InChI=1S/C28H26FN3O4/c1-28(2,35)12-10-19-6-9-25-24(16-19)32(3)27(34)23(17-36-25)31-26(33)22-15-20(11-13-30-22)14-18-4-7-21(29)8-5-18/h4-9,11,13,15-16,23,35H,14,17H2,1-3H3,(H,31,33). The van der Waals surface area contributed by atoms with E-state index in [9.17, 15) is 19.1 Å². The van der Waals surface area contributed by atoms with Crippen molar-refractivity contribution in [3.63, 3.8) is 0 Å². The topological polar surface area (TPSA) is 91.8 Å². The summed E-state index contributed by atoms with van der Waals surface area (Å²) in [6, 6.07) is 13.8. The molecule has 7 nitrogen and oxygen atoms in total. The summed E-state index contributed by atoms with van der Waals surface area (Å²) in [4.78, 5) is 31.6. The Hall–Kier alpha value is -4.22. The van der Waals surface area contributed by atoms with Crippen LogP contribution < -0.4 is 15.0 Å². The van der Waals surface area contributed by atoms with Crippen molar-refractivity contribution in [2.24, 2.45) is 0 Å². The Morgan fingerprint density at radius 3 is 2.67 bits per heavy atom. The summed E-state index contributed by atoms with van der Waals surface area (Å²) < 4.78 is 19.0. The SMILES string of the molecule is CN1C(=O)C(NC(=O)c2cc(Cc3ccc(F)cc3)ccn2)COc2ccc(C#CC(C)(C)O)cc21. The van der Waals surface area contributed by atoms with Crippen LogP contribution in [-0.4, -0.2) is 47.2 Å². The van der Waals surface area contributed by atoms with Crippen LogP contribution in [0, 0.1) is 17.7 Å². The number of likely N-dealkylation sites (N-methyl/N-ethyl adjacent to an activating group) is 1. The zero-order valence-corrected chi connectivity index (χ0v) is 20.2. The number of anilines is 1. The number of aromatic nitrogens is 1. The fraction of sp³-hybridized carbons (Fsp3) is 0.250. The Morgan fingerprint density at radius 1 is 1.19 bits per heavy atom. The molecule has 0 fully saturated rings. The molecule has 1 unspecified atom stereocenters. The monoisotopic (exact) mass is 487 g/mol. The van der Waals surface area contributed by atoms with Gasteiger partial charge in [-0.05, 0) is 73.9 Å². The van der Waals surface area contributed by atoms with Crippen LogP contribution in [0.25, 0.3) is 0 Å². The minimum Gasteiger partial charge on any atom is -0.489 e. The third-order valence-electron chi connectivity index (χ3n) is 5.55. The molecule has 2 amide bonds. The molecular formula is C28H26FN3O4. The summed E-state index contributed by atoms with van der Waals surface area (Å²) in [7, 11) is 1.60. The van der Waals surface area contributed by atoms with Crippen molar-refractivity contribution in [1.82, 2.24) is 10.3 Å². The van der Waals surface area contributed by atoms with Crippen molar-refractivity contribution in [3.05, 3.63) is 89.0 Å². The number of carbonyl (C=O) groups excluding carboxylic acids is 2. The second-order valence-corrected chi connectivity index (χ2v) is 9.08. The molecule has 0 spiro atoms. The highest BCUT2D eigenvalue weighted by Gasteiger charge is 2.31.